The topological polar surface area (TPSA) is 4.93 Å². The summed E-state index contributed by atoms with van der Waals surface area (Å²) in [5.41, 5.74) is 11.0. The second-order valence-corrected chi connectivity index (χ2v) is 10.8. The Morgan fingerprint density at radius 3 is 1.50 bits per heavy atom. The number of fused-ring (bicyclic) bond motifs is 3. The quantitative estimate of drug-likeness (QED) is 0.178. The zero-order chi connectivity index (χ0) is 25.5. The number of halogens is 1. The summed E-state index contributed by atoms with van der Waals surface area (Å²) in [6.07, 6.45) is 0. The van der Waals surface area contributed by atoms with E-state index in [1.54, 1.807) is 0 Å². The molecule has 0 aliphatic heterocycles. The van der Waals surface area contributed by atoms with E-state index < -0.39 is 0 Å². The molecule has 1 aromatic heterocycles. The Morgan fingerprint density at radius 1 is 0.395 bits per heavy atom. The molecule has 0 fully saturated rings. The molecule has 0 bridgehead atoms. The molecule has 0 radical (unpaired) electrons. The number of hydrogen-bond acceptors (Lipinski definition) is 0. The van der Waals surface area contributed by atoms with Crippen molar-refractivity contribution in [2.24, 2.45) is 0 Å². The fraction of sp³-hybridized carbons (Fsp3) is 0. The average molecular weight is 597 g/mol. The molecular weight excluding hydrogens is 573 g/mol. The van der Waals surface area contributed by atoms with Gasteiger partial charge in [0.05, 0.1) is 16.7 Å². The molecule has 0 N–H and O–H groups in total. The highest BCUT2D eigenvalue weighted by atomic mass is 127. The van der Waals surface area contributed by atoms with Crippen LogP contribution in [0.3, 0.4) is 0 Å². The van der Waals surface area contributed by atoms with Gasteiger partial charge in [-0.25, -0.2) is 0 Å². The molecular formula is C36H24IN. The van der Waals surface area contributed by atoms with Crippen LogP contribution in [0.5, 0.6) is 0 Å². The number of rotatable bonds is 4. The van der Waals surface area contributed by atoms with E-state index in [-0.39, 0.29) is 0 Å². The number of nitrogens with zero attached hydrogens (tertiary/aromatic N) is 1. The predicted octanol–water partition coefficient (Wildman–Crippen LogP) is 10.4. The zero-order valence-corrected chi connectivity index (χ0v) is 22.8. The summed E-state index contributed by atoms with van der Waals surface area (Å²) < 4.78 is 3.69. The third-order valence-electron chi connectivity index (χ3n) is 7.25. The minimum absolute atomic E-state index is 1.21. The summed E-state index contributed by atoms with van der Waals surface area (Å²) in [5.74, 6) is 0. The van der Waals surface area contributed by atoms with Crippen LogP contribution in [0.2, 0.25) is 0 Å². The number of hydrogen-bond donors (Lipinski definition) is 0. The molecule has 1 heterocycles. The maximum atomic E-state index is 2.47. The lowest BCUT2D eigenvalue weighted by molar-refractivity contribution is 1.18. The van der Waals surface area contributed by atoms with Crippen LogP contribution in [-0.4, -0.2) is 4.57 Å². The molecule has 0 saturated heterocycles. The molecule has 0 saturated carbocycles. The second-order valence-electron chi connectivity index (χ2n) is 9.53. The van der Waals surface area contributed by atoms with Gasteiger partial charge in [0.15, 0.2) is 0 Å². The molecule has 0 atom stereocenters. The van der Waals surface area contributed by atoms with Crippen molar-refractivity contribution >= 4 is 44.4 Å². The fourth-order valence-electron chi connectivity index (χ4n) is 5.54. The van der Waals surface area contributed by atoms with E-state index in [0.29, 0.717) is 0 Å². The van der Waals surface area contributed by atoms with Crippen LogP contribution in [0.1, 0.15) is 0 Å². The average Bonchev–Trinajstić information content (AvgIpc) is 3.31. The van der Waals surface area contributed by atoms with Gasteiger partial charge in [-0.15, -0.1) is 0 Å². The van der Waals surface area contributed by atoms with Crippen LogP contribution in [0.15, 0.2) is 146 Å². The van der Waals surface area contributed by atoms with Crippen LogP contribution in [0.4, 0.5) is 0 Å². The first-order valence-electron chi connectivity index (χ1n) is 12.8. The van der Waals surface area contributed by atoms with Crippen molar-refractivity contribution in [2.75, 3.05) is 0 Å². The largest absolute Gasteiger partial charge is 0.308 e. The highest BCUT2D eigenvalue weighted by Crippen LogP contribution is 2.42. The summed E-state index contributed by atoms with van der Waals surface area (Å²) in [5, 5.41) is 2.52. The lowest BCUT2D eigenvalue weighted by Crippen LogP contribution is -2.01. The third-order valence-corrected chi connectivity index (χ3v) is 7.87. The molecule has 180 valence electrons. The van der Waals surface area contributed by atoms with Crippen LogP contribution < -0.4 is 0 Å². The maximum absolute atomic E-state index is 2.47. The first-order chi connectivity index (χ1) is 18.8. The van der Waals surface area contributed by atoms with E-state index in [1.165, 1.54) is 64.4 Å². The molecule has 38 heavy (non-hydrogen) atoms. The second kappa shape index (κ2) is 9.62. The standard InChI is InChI=1S/C36H24IN/c37-29-23-31(26-14-6-2-7-15-26)36(32(24-29)27-16-8-3-9-17-27)38-34-19-11-10-18-30(34)33-22-28(20-21-35(33)38)25-12-4-1-5-13-25/h1-24H. The Labute approximate surface area is 236 Å². The summed E-state index contributed by atoms with van der Waals surface area (Å²) >= 11 is 2.46. The van der Waals surface area contributed by atoms with Gasteiger partial charge < -0.3 is 4.57 Å². The SMILES string of the molecule is Ic1cc(-c2ccccc2)c(-n2c3ccccc3c3cc(-c4ccccc4)ccc32)c(-c2ccccc2)c1. The molecule has 1 nitrogen and oxygen atoms in total. The Balaban J connectivity index is 1.62. The lowest BCUT2D eigenvalue weighted by Gasteiger charge is -2.20. The minimum Gasteiger partial charge on any atom is -0.308 e. The van der Waals surface area contributed by atoms with E-state index in [1.807, 2.05) is 0 Å². The van der Waals surface area contributed by atoms with Gasteiger partial charge in [-0.2, -0.15) is 0 Å². The highest BCUT2D eigenvalue weighted by Gasteiger charge is 2.20. The van der Waals surface area contributed by atoms with Crippen LogP contribution in [0.25, 0.3) is 60.9 Å². The Bertz CT molecular complexity index is 1840. The number of para-hydroxylation sites is 1. The molecule has 0 amide bonds. The Kier molecular flexibility index (Phi) is 5.82. The molecule has 7 aromatic rings. The van der Waals surface area contributed by atoms with Crippen molar-refractivity contribution in [3.63, 3.8) is 0 Å². The van der Waals surface area contributed by atoms with Crippen LogP contribution >= 0.6 is 22.6 Å². The van der Waals surface area contributed by atoms with E-state index in [2.05, 4.69) is 173 Å². The number of aromatic nitrogens is 1. The third kappa shape index (κ3) is 3.93. The highest BCUT2D eigenvalue weighted by molar-refractivity contribution is 14.1. The Morgan fingerprint density at radius 2 is 0.895 bits per heavy atom. The molecule has 2 heteroatoms. The number of benzene rings is 6. The molecule has 0 spiro atoms. The normalized spacial score (nSPS) is 11.3. The summed E-state index contributed by atoms with van der Waals surface area (Å²) in [7, 11) is 0. The van der Waals surface area contributed by atoms with Gasteiger partial charge in [-0.1, -0.05) is 115 Å². The molecule has 6 aromatic carbocycles. The smallest absolute Gasteiger partial charge is 0.0619 e. The summed E-state index contributed by atoms with van der Waals surface area (Å²) in [6, 6.07) is 52.5. The van der Waals surface area contributed by atoms with Gasteiger partial charge in [-0.05, 0) is 75.2 Å². The maximum Gasteiger partial charge on any atom is 0.0619 e. The van der Waals surface area contributed by atoms with E-state index in [0.717, 1.165) is 0 Å². The van der Waals surface area contributed by atoms with Crippen LogP contribution in [-0.2, 0) is 0 Å². The molecule has 0 aliphatic carbocycles. The van der Waals surface area contributed by atoms with E-state index >= 15 is 0 Å². The molecule has 7 rings (SSSR count). The van der Waals surface area contributed by atoms with Gasteiger partial charge >= 0.3 is 0 Å². The van der Waals surface area contributed by atoms with Gasteiger partial charge in [0, 0.05) is 25.5 Å². The summed E-state index contributed by atoms with van der Waals surface area (Å²) in [6.45, 7) is 0. The Hall–Kier alpha value is -4.15. The summed E-state index contributed by atoms with van der Waals surface area (Å²) in [4.78, 5) is 0. The zero-order valence-electron chi connectivity index (χ0n) is 20.7. The molecule has 0 unspecified atom stereocenters. The monoisotopic (exact) mass is 597 g/mol. The van der Waals surface area contributed by atoms with Crippen molar-refractivity contribution in [2.45, 2.75) is 0 Å². The van der Waals surface area contributed by atoms with Crippen molar-refractivity contribution in [1.29, 1.82) is 0 Å². The van der Waals surface area contributed by atoms with E-state index in [9.17, 15) is 0 Å². The molecule has 0 aliphatic rings. The first-order valence-corrected chi connectivity index (χ1v) is 13.9. The van der Waals surface area contributed by atoms with Gasteiger partial charge in [0.25, 0.3) is 0 Å². The fourth-order valence-corrected chi connectivity index (χ4v) is 6.16. The minimum atomic E-state index is 1.21. The van der Waals surface area contributed by atoms with Crippen LogP contribution in [0, 0.1) is 3.57 Å². The predicted molar refractivity (Wildman–Crippen MR) is 170 cm³/mol. The van der Waals surface area contributed by atoms with Crippen molar-refractivity contribution in [1.82, 2.24) is 4.57 Å². The van der Waals surface area contributed by atoms with Crippen molar-refractivity contribution < 1.29 is 0 Å². The van der Waals surface area contributed by atoms with Crippen molar-refractivity contribution in [3.05, 3.63) is 149 Å². The van der Waals surface area contributed by atoms with Crippen molar-refractivity contribution in [3.8, 4) is 39.1 Å². The van der Waals surface area contributed by atoms with E-state index in [4.69, 9.17) is 0 Å². The first kappa shape index (κ1) is 23.0. The van der Waals surface area contributed by atoms with Gasteiger partial charge in [0.1, 0.15) is 0 Å². The van der Waals surface area contributed by atoms with Gasteiger partial charge in [-0.3, -0.25) is 0 Å². The van der Waals surface area contributed by atoms with Gasteiger partial charge in [0.2, 0.25) is 0 Å². The lowest BCUT2D eigenvalue weighted by atomic mass is 9.95.